The fourth-order valence-corrected chi connectivity index (χ4v) is 3.21. The number of hydrogen-bond acceptors (Lipinski definition) is 4. The molecule has 6 heteroatoms. The van der Waals surface area contributed by atoms with Crippen LogP contribution >= 0.6 is 0 Å². The van der Waals surface area contributed by atoms with Crippen molar-refractivity contribution in [1.29, 1.82) is 0 Å². The topological polar surface area (TPSA) is 58.6 Å². The Hall–Kier alpha value is -2.21. The van der Waals surface area contributed by atoms with E-state index < -0.39 is 10.0 Å². The van der Waals surface area contributed by atoms with Crippen molar-refractivity contribution in [2.24, 2.45) is 0 Å². The Morgan fingerprint density at radius 3 is 2.39 bits per heavy atom. The summed E-state index contributed by atoms with van der Waals surface area (Å²) < 4.78 is 33.0. The lowest BCUT2D eigenvalue weighted by atomic mass is 10.2. The fourth-order valence-electron chi connectivity index (χ4n) is 2.14. The minimum absolute atomic E-state index is 0.235. The number of nitrogens with one attached hydrogen (secondary N) is 1. The van der Waals surface area contributed by atoms with E-state index in [-0.39, 0.29) is 4.90 Å². The third kappa shape index (κ3) is 4.16. The molecule has 23 heavy (non-hydrogen) atoms. The average molecular weight is 334 g/mol. The maximum absolute atomic E-state index is 12.4. The maximum Gasteiger partial charge on any atom is 0.261 e. The predicted octanol–water partition coefficient (Wildman–Crippen LogP) is 3.34. The first-order chi connectivity index (χ1) is 11.0. The molecular weight excluding hydrogens is 312 g/mol. The molecule has 0 saturated heterocycles. The summed E-state index contributed by atoms with van der Waals surface area (Å²) in [5, 5.41) is 0. The fraction of sp³-hybridized carbons (Fsp3) is 0.294. The predicted molar refractivity (Wildman–Crippen MR) is 93.8 cm³/mol. The largest absolute Gasteiger partial charge is 0.492 e. The van der Waals surface area contributed by atoms with Crippen LogP contribution < -0.4 is 14.4 Å². The number of rotatable bonds is 7. The quantitative estimate of drug-likeness (QED) is 0.844. The molecule has 124 valence electrons. The number of sulfonamides is 1. The van der Waals surface area contributed by atoms with Crippen LogP contribution in [0.1, 0.15) is 13.8 Å². The van der Waals surface area contributed by atoms with Gasteiger partial charge in [0.15, 0.2) is 0 Å². The van der Waals surface area contributed by atoms with Gasteiger partial charge in [0.05, 0.1) is 22.9 Å². The van der Waals surface area contributed by atoms with Crippen LogP contribution in [0, 0.1) is 0 Å². The first kappa shape index (κ1) is 17.1. The summed E-state index contributed by atoms with van der Waals surface area (Å²) in [6.45, 7) is 5.28. The Balaban J connectivity index is 2.34. The molecule has 0 radical (unpaired) electrons. The van der Waals surface area contributed by atoms with Crippen molar-refractivity contribution in [3.05, 3.63) is 48.5 Å². The summed E-state index contributed by atoms with van der Waals surface area (Å²) in [7, 11) is -1.66. The summed E-state index contributed by atoms with van der Waals surface area (Å²) in [6.07, 6.45) is 0. The maximum atomic E-state index is 12.4. The molecule has 0 unspecified atom stereocenters. The van der Waals surface area contributed by atoms with Crippen LogP contribution in [0.25, 0.3) is 0 Å². The summed E-state index contributed by atoms with van der Waals surface area (Å²) in [5.74, 6) is 0.736. The van der Waals surface area contributed by atoms with Crippen molar-refractivity contribution in [2.75, 3.05) is 29.8 Å². The lowest BCUT2D eigenvalue weighted by molar-refractivity contribution is 0.341. The van der Waals surface area contributed by atoms with E-state index in [0.717, 1.165) is 18.0 Å². The molecule has 0 aromatic heterocycles. The Morgan fingerprint density at radius 2 is 1.78 bits per heavy atom. The second kappa shape index (κ2) is 7.37. The molecule has 1 N–H and O–H groups in total. The molecule has 0 heterocycles. The summed E-state index contributed by atoms with van der Waals surface area (Å²) in [4.78, 5) is 2.24. The second-order valence-corrected chi connectivity index (χ2v) is 6.73. The number of ether oxygens (including phenoxy) is 1. The highest BCUT2D eigenvalue weighted by atomic mass is 32.2. The molecule has 2 rings (SSSR count). The van der Waals surface area contributed by atoms with Crippen molar-refractivity contribution >= 4 is 21.4 Å². The number of anilines is 2. The third-order valence-electron chi connectivity index (χ3n) is 3.45. The molecule has 0 aliphatic carbocycles. The second-order valence-electron chi connectivity index (χ2n) is 5.05. The van der Waals surface area contributed by atoms with E-state index in [1.165, 1.54) is 0 Å². The van der Waals surface area contributed by atoms with Crippen LogP contribution in [-0.2, 0) is 10.0 Å². The van der Waals surface area contributed by atoms with E-state index in [2.05, 4.69) is 4.72 Å². The van der Waals surface area contributed by atoms with Crippen LogP contribution in [0.15, 0.2) is 53.4 Å². The van der Waals surface area contributed by atoms with Gasteiger partial charge in [-0.05, 0) is 44.2 Å². The van der Waals surface area contributed by atoms with Crippen molar-refractivity contribution < 1.29 is 13.2 Å². The van der Waals surface area contributed by atoms with Gasteiger partial charge in [0, 0.05) is 13.6 Å². The van der Waals surface area contributed by atoms with Gasteiger partial charge in [-0.3, -0.25) is 4.72 Å². The Kier molecular flexibility index (Phi) is 5.50. The Morgan fingerprint density at radius 1 is 1.09 bits per heavy atom. The molecule has 0 saturated carbocycles. The van der Waals surface area contributed by atoms with Gasteiger partial charge >= 0.3 is 0 Å². The van der Waals surface area contributed by atoms with Gasteiger partial charge in [0.2, 0.25) is 0 Å². The Labute approximate surface area is 137 Å². The molecular formula is C17H22N2O3S. The van der Waals surface area contributed by atoms with Gasteiger partial charge in [-0.25, -0.2) is 8.42 Å². The molecule has 2 aromatic rings. The number of nitrogens with zero attached hydrogens (tertiary/aromatic N) is 1. The summed E-state index contributed by atoms with van der Waals surface area (Å²) in [6, 6.07) is 13.6. The van der Waals surface area contributed by atoms with Crippen molar-refractivity contribution in [3.8, 4) is 5.75 Å². The standard InChI is InChI=1S/C17H22N2O3S/c1-4-19(3)16-13-14(11-12-17(16)22-5-2)18-23(20,21)15-9-7-6-8-10-15/h6-13,18H,4-5H2,1-3H3. The van der Waals surface area contributed by atoms with Crippen molar-refractivity contribution in [1.82, 2.24) is 0 Å². The highest BCUT2D eigenvalue weighted by Gasteiger charge is 2.15. The van der Waals surface area contributed by atoms with E-state index in [4.69, 9.17) is 4.74 Å². The first-order valence-corrected chi connectivity index (χ1v) is 9.02. The van der Waals surface area contributed by atoms with Crippen LogP contribution in [0.3, 0.4) is 0 Å². The molecule has 0 aliphatic rings. The number of benzene rings is 2. The average Bonchev–Trinajstić information content (AvgIpc) is 2.56. The van der Waals surface area contributed by atoms with Gasteiger partial charge in [-0.15, -0.1) is 0 Å². The van der Waals surface area contributed by atoms with E-state index in [9.17, 15) is 8.42 Å². The van der Waals surface area contributed by atoms with Crippen LogP contribution in [0.2, 0.25) is 0 Å². The van der Waals surface area contributed by atoms with Gasteiger partial charge in [-0.1, -0.05) is 18.2 Å². The summed E-state index contributed by atoms with van der Waals surface area (Å²) >= 11 is 0. The Bertz CT molecular complexity index is 746. The van der Waals surface area contributed by atoms with Gasteiger partial charge in [0.25, 0.3) is 10.0 Å². The zero-order chi connectivity index (χ0) is 16.9. The lowest BCUT2D eigenvalue weighted by Gasteiger charge is -2.21. The molecule has 5 nitrogen and oxygen atoms in total. The van der Waals surface area contributed by atoms with Gasteiger partial charge in [-0.2, -0.15) is 0 Å². The lowest BCUT2D eigenvalue weighted by Crippen LogP contribution is -2.18. The van der Waals surface area contributed by atoms with Crippen LogP contribution in [0.4, 0.5) is 11.4 Å². The highest BCUT2D eigenvalue weighted by molar-refractivity contribution is 7.92. The van der Waals surface area contributed by atoms with Gasteiger partial charge < -0.3 is 9.64 Å². The molecule has 0 amide bonds. The number of hydrogen-bond donors (Lipinski definition) is 1. The first-order valence-electron chi connectivity index (χ1n) is 7.53. The zero-order valence-electron chi connectivity index (χ0n) is 13.6. The zero-order valence-corrected chi connectivity index (χ0v) is 14.4. The molecule has 2 aromatic carbocycles. The van der Waals surface area contributed by atoms with E-state index in [1.54, 1.807) is 48.5 Å². The van der Waals surface area contributed by atoms with Crippen LogP contribution in [0.5, 0.6) is 5.75 Å². The minimum atomic E-state index is -3.60. The van der Waals surface area contributed by atoms with Crippen LogP contribution in [-0.4, -0.2) is 28.6 Å². The molecule has 0 atom stereocenters. The molecule has 0 aliphatic heterocycles. The van der Waals surface area contributed by atoms with E-state index >= 15 is 0 Å². The third-order valence-corrected chi connectivity index (χ3v) is 4.85. The monoisotopic (exact) mass is 334 g/mol. The van der Waals surface area contributed by atoms with Gasteiger partial charge in [0.1, 0.15) is 5.75 Å². The highest BCUT2D eigenvalue weighted by Crippen LogP contribution is 2.31. The molecule has 0 spiro atoms. The minimum Gasteiger partial charge on any atom is -0.492 e. The van der Waals surface area contributed by atoms with Crippen molar-refractivity contribution in [2.45, 2.75) is 18.7 Å². The molecule has 0 fully saturated rings. The van der Waals surface area contributed by atoms with E-state index in [0.29, 0.717) is 12.3 Å². The SMILES string of the molecule is CCOc1ccc(NS(=O)(=O)c2ccccc2)cc1N(C)CC. The van der Waals surface area contributed by atoms with E-state index in [1.807, 2.05) is 25.8 Å². The smallest absolute Gasteiger partial charge is 0.261 e. The normalized spacial score (nSPS) is 11.1. The summed E-state index contributed by atoms with van der Waals surface area (Å²) in [5.41, 5.74) is 1.36. The van der Waals surface area contributed by atoms with Crippen molar-refractivity contribution in [3.63, 3.8) is 0 Å². The molecule has 0 bridgehead atoms.